The molecule has 13 heavy (non-hydrogen) atoms. The number of nitrogens with zero attached hydrogens (tertiary/aromatic N) is 2. The van der Waals surface area contributed by atoms with Crippen LogP contribution < -0.4 is 0 Å². The minimum atomic E-state index is -4.24. The van der Waals surface area contributed by atoms with E-state index >= 15 is 0 Å². The molecule has 0 unspecified atom stereocenters. The largest absolute Gasteiger partial charge is 0.447 e. The molecule has 0 N–H and O–H groups in total. The van der Waals surface area contributed by atoms with Crippen molar-refractivity contribution in [3.63, 3.8) is 0 Å². The van der Waals surface area contributed by atoms with Gasteiger partial charge in [-0.3, -0.25) is 4.68 Å². The van der Waals surface area contributed by atoms with Crippen molar-refractivity contribution in [1.82, 2.24) is 9.78 Å². The first-order valence-corrected chi connectivity index (χ1v) is 4.52. The second-order valence-corrected chi connectivity index (χ2v) is 3.58. The highest BCUT2D eigenvalue weighted by Gasteiger charge is 2.30. The average Bonchev–Trinajstić information content (AvgIpc) is 2.29. The van der Waals surface area contributed by atoms with Crippen LogP contribution in [-0.2, 0) is 13.5 Å². The number of alkyl halides is 3. The van der Waals surface area contributed by atoms with Crippen molar-refractivity contribution in [3.8, 4) is 0 Å². The van der Waals surface area contributed by atoms with Crippen molar-refractivity contribution in [2.24, 2.45) is 7.05 Å². The number of thioether (sulfide) groups is 1. The number of hydrogen-bond donors (Lipinski definition) is 0. The van der Waals surface area contributed by atoms with E-state index < -0.39 is 5.51 Å². The predicted octanol–water partition coefficient (Wildman–Crippen LogP) is 2.59. The first-order valence-electron chi connectivity index (χ1n) is 3.71. The molecule has 74 valence electrons. The highest BCUT2D eigenvalue weighted by atomic mass is 32.2. The van der Waals surface area contributed by atoms with Crippen LogP contribution in [0.15, 0.2) is 11.1 Å². The fourth-order valence-corrected chi connectivity index (χ4v) is 1.50. The van der Waals surface area contributed by atoms with Crippen LogP contribution in [0, 0.1) is 0 Å². The third-order valence-electron chi connectivity index (χ3n) is 1.47. The first kappa shape index (κ1) is 10.4. The lowest BCUT2D eigenvalue weighted by Gasteiger charge is -2.04. The lowest BCUT2D eigenvalue weighted by molar-refractivity contribution is -0.0330. The summed E-state index contributed by atoms with van der Waals surface area (Å²) < 4.78 is 37.1. The molecule has 2 nitrogen and oxygen atoms in total. The van der Waals surface area contributed by atoms with Crippen LogP contribution in [0.2, 0.25) is 0 Å². The van der Waals surface area contributed by atoms with Crippen molar-refractivity contribution in [2.45, 2.75) is 23.9 Å². The molecule has 1 heterocycles. The topological polar surface area (TPSA) is 17.8 Å². The Bertz CT molecular complexity index is 292. The van der Waals surface area contributed by atoms with E-state index in [9.17, 15) is 13.2 Å². The summed E-state index contributed by atoms with van der Waals surface area (Å²) in [5, 5.41) is 4.04. The summed E-state index contributed by atoms with van der Waals surface area (Å²) in [5.41, 5.74) is -3.56. The van der Waals surface area contributed by atoms with Crippen LogP contribution in [0.25, 0.3) is 0 Å². The molecule has 0 aromatic carbocycles. The van der Waals surface area contributed by atoms with Crippen LogP contribution >= 0.6 is 11.8 Å². The molecule has 0 amide bonds. The van der Waals surface area contributed by atoms with Gasteiger partial charge in [-0.05, 0) is 12.5 Å². The fraction of sp³-hybridized carbons (Fsp3) is 0.571. The van der Waals surface area contributed by atoms with Crippen molar-refractivity contribution in [3.05, 3.63) is 11.8 Å². The van der Waals surface area contributed by atoms with Crippen molar-refractivity contribution in [2.75, 3.05) is 0 Å². The van der Waals surface area contributed by atoms with Crippen LogP contribution in [0.4, 0.5) is 13.2 Å². The minimum Gasteiger partial charge on any atom is -0.262 e. The van der Waals surface area contributed by atoms with E-state index in [4.69, 9.17) is 0 Å². The molecular weight excluding hydrogens is 201 g/mol. The predicted molar refractivity (Wildman–Crippen MR) is 44.5 cm³/mol. The van der Waals surface area contributed by atoms with Gasteiger partial charge in [0.15, 0.2) is 0 Å². The zero-order valence-corrected chi connectivity index (χ0v) is 8.04. The van der Waals surface area contributed by atoms with Crippen LogP contribution in [0.3, 0.4) is 0 Å². The zero-order valence-electron chi connectivity index (χ0n) is 7.22. The van der Waals surface area contributed by atoms with E-state index in [2.05, 4.69) is 5.10 Å². The van der Waals surface area contributed by atoms with Gasteiger partial charge >= 0.3 is 5.51 Å². The van der Waals surface area contributed by atoms with Gasteiger partial charge in [0.1, 0.15) is 5.03 Å². The summed E-state index contributed by atoms with van der Waals surface area (Å²) in [6, 6.07) is 1.46. The summed E-state index contributed by atoms with van der Waals surface area (Å²) >= 11 is -0.136. The normalized spacial score (nSPS) is 12.1. The van der Waals surface area contributed by atoms with Gasteiger partial charge in [-0.2, -0.15) is 18.3 Å². The van der Waals surface area contributed by atoms with Gasteiger partial charge in [0.25, 0.3) is 0 Å². The van der Waals surface area contributed by atoms with Crippen LogP contribution in [0.1, 0.15) is 12.6 Å². The molecule has 6 heteroatoms. The summed E-state index contributed by atoms with van der Waals surface area (Å²) in [6.45, 7) is 1.85. The van der Waals surface area contributed by atoms with Gasteiger partial charge in [-0.1, -0.05) is 6.92 Å². The Morgan fingerprint density at radius 3 is 2.54 bits per heavy atom. The standard InChI is InChI=1S/C7H9F3N2S/c1-3-5-4-6(12(2)11-5)13-7(8,9)10/h4H,3H2,1-2H3. The summed E-state index contributed by atoms with van der Waals surface area (Å²) in [5.74, 6) is 0. The van der Waals surface area contributed by atoms with E-state index in [0.717, 1.165) is 0 Å². The lowest BCUT2D eigenvalue weighted by atomic mass is 10.3. The Morgan fingerprint density at radius 2 is 2.15 bits per heavy atom. The third-order valence-corrected chi connectivity index (χ3v) is 2.29. The molecule has 0 saturated carbocycles. The van der Waals surface area contributed by atoms with Crippen LogP contribution in [-0.4, -0.2) is 15.3 Å². The van der Waals surface area contributed by atoms with Gasteiger partial charge in [0, 0.05) is 18.8 Å². The number of aromatic nitrogens is 2. The van der Waals surface area contributed by atoms with E-state index in [1.54, 1.807) is 0 Å². The van der Waals surface area contributed by atoms with Gasteiger partial charge in [-0.25, -0.2) is 0 Å². The average molecular weight is 210 g/mol. The molecule has 1 aromatic rings. The van der Waals surface area contributed by atoms with E-state index in [1.165, 1.54) is 17.8 Å². The number of halogens is 3. The maximum Gasteiger partial charge on any atom is 0.447 e. The maximum atomic E-state index is 12.0. The Morgan fingerprint density at radius 1 is 1.54 bits per heavy atom. The second-order valence-electron chi connectivity index (χ2n) is 2.50. The van der Waals surface area contributed by atoms with E-state index in [1.807, 2.05) is 6.92 Å². The lowest BCUT2D eigenvalue weighted by Crippen LogP contribution is -2.02. The van der Waals surface area contributed by atoms with Gasteiger partial charge in [0.05, 0.1) is 5.69 Å². The van der Waals surface area contributed by atoms with Gasteiger partial charge in [0.2, 0.25) is 0 Å². The Kier molecular flexibility index (Phi) is 2.90. The molecule has 0 aliphatic heterocycles. The molecule has 0 radical (unpaired) electrons. The Balaban J connectivity index is 2.83. The fourth-order valence-electron chi connectivity index (χ4n) is 0.894. The molecule has 0 atom stereocenters. The zero-order chi connectivity index (χ0) is 10.1. The van der Waals surface area contributed by atoms with Crippen LogP contribution in [0.5, 0.6) is 0 Å². The minimum absolute atomic E-state index is 0.129. The molecule has 1 aromatic heterocycles. The molecule has 0 bridgehead atoms. The monoisotopic (exact) mass is 210 g/mol. The quantitative estimate of drug-likeness (QED) is 0.698. The third kappa shape index (κ3) is 2.95. The number of rotatable bonds is 2. The SMILES string of the molecule is CCc1cc(SC(F)(F)F)n(C)n1. The van der Waals surface area contributed by atoms with Crippen molar-refractivity contribution < 1.29 is 13.2 Å². The Hall–Kier alpha value is -0.650. The summed E-state index contributed by atoms with van der Waals surface area (Å²) in [4.78, 5) is 0. The molecule has 0 saturated heterocycles. The molecular formula is C7H9F3N2S. The molecule has 1 rings (SSSR count). The van der Waals surface area contributed by atoms with Crippen molar-refractivity contribution in [1.29, 1.82) is 0 Å². The van der Waals surface area contributed by atoms with E-state index in [0.29, 0.717) is 12.1 Å². The van der Waals surface area contributed by atoms with Gasteiger partial charge < -0.3 is 0 Å². The molecule has 0 aliphatic rings. The number of hydrogen-bond acceptors (Lipinski definition) is 2. The first-order chi connectivity index (χ1) is 5.92. The summed E-state index contributed by atoms with van der Waals surface area (Å²) in [6.07, 6.45) is 0.645. The highest BCUT2D eigenvalue weighted by molar-refractivity contribution is 8.00. The highest BCUT2D eigenvalue weighted by Crippen LogP contribution is 2.36. The molecule has 0 spiro atoms. The molecule has 0 aliphatic carbocycles. The molecule has 0 fully saturated rings. The smallest absolute Gasteiger partial charge is 0.262 e. The summed E-state index contributed by atoms with van der Waals surface area (Å²) in [7, 11) is 1.51. The maximum absolute atomic E-state index is 12.0. The Labute approximate surface area is 78.1 Å². The van der Waals surface area contributed by atoms with E-state index in [-0.39, 0.29) is 16.8 Å². The second kappa shape index (κ2) is 3.61. The van der Waals surface area contributed by atoms with Gasteiger partial charge in [-0.15, -0.1) is 0 Å². The van der Waals surface area contributed by atoms with Crippen molar-refractivity contribution >= 4 is 11.8 Å². The number of aryl methyl sites for hydroxylation is 2.